The first kappa shape index (κ1) is 66.7. The zero-order valence-corrected chi connectivity index (χ0v) is 60.7. The van der Waals surface area contributed by atoms with Crippen molar-refractivity contribution in [2.45, 2.75) is 78.5 Å². The van der Waals surface area contributed by atoms with Crippen molar-refractivity contribution in [1.29, 1.82) is 0 Å². The number of hydrogen-bond donors (Lipinski definition) is 6. The van der Waals surface area contributed by atoms with E-state index < -0.39 is 0 Å². The lowest BCUT2D eigenvalue weighted by Gasteiger charge is -2.15. The molecule has 0 aliphatic carbocycles. The predicted octanol–water partition coefficient (Wildman–Crippen LogP) is 23.0. The molecular formula is C102H84N6. The van der Waals surface area contributed by atoms with Crippen LogP contribution in [0.15, 0.2) is 328 Å². The van der Waals surface area contributed by atoms with E-state index in [2.05, 4.69) is 359 Å². The van der Waals surface area contributed by atoms with Gasteiger partial charge in [0.25, 0.3) is 0 Å². The SMILES string of the molecule is c1cc2c3cc4c(cccc4cc3c1)CNCc1ccc(cc1)-c1cc3cc(c1)-c1ccc(cc1)CNCc1cccc4cc5cccc(c5cc14)CNCc1ccc(cc1)-c1cc(cc(c1)-c1ccc(cc1)CNCc1cccc4cc5cccc(c5cc14)CNCc1ccc-3cc1)-c1ccc(cc1)CNC2. The molecule has 21 aliphatic heterocycles. The molecule has 21 aliphatic rings. The second kappa shape index (κ2) is 29.8. The number of nitrogens with one attached hydrogen (secondary N) is 6. The summed E-state index contributed by atoms with van der Waals surface area (Å²) >= 11 is 0. The first-order valence-electron chi connectivity index (χ1n) is 38.3. The Kier molecular flexibility index (Phi) is 18.4. The highest BCUT2D eigenvalue weighted by Gasteiger charge is 2.16. The molecule has 108 heavy (non-hydrogen) atoms. The highest BCUT2D eigenvalue weighted by Crippen LogP contribution is 2.38. The van der Waals surface area contributed by atoms with E-state index in [1.54, 1.807) is 0 Å². The molecule has 6 heteroatoms. The van der Waals surface area contributed by atoms with Crippen LogP contribution in [0.3, 0.4) is 0 Å². The van der Waals surface area contributed by atoms with Crippen LogP contribution in [-0.4, -0.2) is 0 Å². The van der Waals surface area contributed by atoms with E-state index in [-0.39, 0.29) is 0 Å². The summed E-state index contributed by atoms with van der Waals surface area (Å²) < 4.78 is 0. The largest absolute Gasteiger partial charge is 0.309 e. The van der Waals surface area contributed by atoms with Crippen LogP contribution in [-0.2, 0) is 78.5 Å². The Morgan fingerprint density at radius 3 is 0.444 bits per heavy atom. The summed E-state index contributed by atoms with van der Waals surface area (Å²) in [5.74, 6) is 0. The summed E-state index contributed by atoms with van der Waals surface area (Å²) in [5.41, 5.74) is 29.5. The quantitative estimate of drug-likeness (QED) is 0.0851. The zero-order chi connectivity index (χ0) is 71.7. The Labute approximate surface area is 632 Å². The lowest BCUT2D eigenvalue weighted by atomic mass is 9.92. The fourth-order valence-electron chi connectivity index (χ4n) is 16.7. The zero-order valence-electron chi connectivity index (χ0n) is 60.7. The van der Waals surface area contributed by atoms with Gasteiger partial charge in [-0.15, -0.1) is 0 Å². The third-order valence-electron chi connectivity index (χ3n) is 22.6. The molecule has 6 nitrogen and oxygen atoms in total. The fraction of sp³-hybridized carbons (Fsp3) is 0.118. The van der Waals surface area contributed by atoms with Crippen molar-refractivity contribution in [2.75, 3.05) is 0 Å². The Morgan fingerprint density at radius 2 is 0.287 bits per heavy atom. The lowest BCUT2D eigenvalue weighted by molar-refractivity contribution is 0.696. The Morgan fingerprint density at radius 1 is 0.130 bits per heavy atom. The highest BCUT2D eigenvalue weighted by molar-refractivity contribution is 6.03. The van der Waals surface area contributed by atoms with Crippen LogP contribution < -0.4 is 31.9 Å². The third-order valence-corrected chi connectivity index (χ3v) is 22.6. The maximum atomic E-state index is 3.85. The summed E-state index contributed by atoms with van der Waals surface area (Å²) in [6, 6.07) is 124. The minimum Gasteiger partial charge on any atom is -0.309 e. The van der Waals surface area contributed by atoms with Gasteiger partial charge < -0.3 is 31.9 Å². The molecule has 0 fully saturated rings. The van der Waals surface area contributed by atoms with Gasteiger partial charge in [-0.2, -0.15) is 0 Å². The summed E-state index contributed by atoms with van der Waals surface area (Å²) in [7, 11) is 0. The van der Waals surface area contributed by atoms with Gasteiger partial charge in [-0.25, -0.2) is 0 Å². The van der Waals surface area contributed by atoms with E-state index in [1.807, 2.05) is 0 Å². The molecule has 21 heterocycles. The molecule has 0 saturated carbocycles. The van der Waals surface area contributed by atoms with Crippen molar-refractivity contribution >= 4 is 64.6 Å². The first-order chi connectivity index (χ1) is 53.4. The predicted molar refractivity (Wildman–Crippen MR) is 453 cm³/mol. The topological polar surface area (TPSA) is 72.2 Å². The molecule has 0 radical (unpaired) electrons. The molecule has 0 spiro atoms. The number of hydrogen-bond acceptors (Lipinski definition) is 6. The minimum atomic E-state index is 0.750. The third kappa shape index (κ3) is 14.1. The summed E-state index contributed by atoms with van der Waals surface area (Å²) in [6.45, 7) is 9.02. The molecule has 17 aromatic carbocycles. The van der Waals surface area contributed by atoms with Crippen LogP contribution in [0.25, 0.3) is 131 Å². The number of rotatable bonds is 0. The van der Waals surface area contributed by atoms with Gasteiger partial charge in [0.05, 0.1) is 0 Å². The maximum Gasteiger partial charge on any atom is 0.0214 e. The van der Waals surface area contributed by atoms with Crippen molar-refractivity contribution in [3.63, 3.8) is 0 Å². The molecule has 0 saturated heterocycles. The summed E-state index contributed by atoms with van der Waals surface area (Å²) in [5, 5.41) is 38.3. The van der Waals surface area contributed by atoms with Gasteiger partial charge >= 0.3 is 0 Å². The smallest absolute Gasteiger partial charge is 0.0214 e. The number of benzene rings is 17. The van der Waals surface area contributed by atoms with Crippen LogP contribution in [0.1, 0.15) is 66.8 Å². The van der Waals surface area contributed by atoms with Crippen LogP contribution >= 0.6 is 0 Å². The Bertz CT molecular complexity index is 5200. The average Bonchev–Trinajstić information content (AvgIpc) is 0.793. The minimum absolute atomic E-state index is 0.750. The van der Waals surface area contributed by atoms with Crippen LogP contribution in [0.5, 0.6) is 0 Å². The molecule has 0 unspecified atom stereocenters. The Balaban J connectivity index is 0.696. The molecule has 38 rings (SSSR count). The van der Waals surface area contributed by atoms with Crippen LogP contribution in [0, 0.1) is 0 Å². The van der Waals surface area contributed by atoms with Gasteiger partial charge in [0.2, 0.25) is 0 Å². The fourth-order valence-corrected chi connectivity index (χ4v) is 16.7. The summed E-state index contributed by atoms with van der Waals surface area (Å²) in [4.78, 5) is 0. The average molecular weight is 1390 g/mol. The standard InChI is InChI=1S/C102H84N6/c1-7-79-43-80-8-2-14-86-62-104-56-68-21-33-74(34-22-68)94-49-95-51-96(50-94)78-41-29-72(30-42-78)60-108-66-90-18-6-12-84-45-82-10-4-16-88(100(82)54-102(84)90)64-106-58-70-25-37-76(38-26-70)93-47-91(73-31-19-67(20-32-73)55-103-61-85(13-1)97(79)52-98(80)86)46-92(48-93)75-35-23-69(24-36-75)57-105-63-87-15-3-9-81-44-83-11-5-17-89(101(83)53-99(81)87)65-107-59-71-27-39-77(95)40-28-71/h1-54,103-108H,55-66H2. The highest BCUT2D eigenvalue weighted by atomic mass is 14.9. The van der Waals surface area contributed by atoms with E-state index in [0.29, 0.717) is 0 Å². The van der Waals surface area contributed by atoms with E-state index in [0.717, 1.165) is 78.5 Å². The van der Waals surface area contributed by atoms with Crippen molar-refractivity contribution < 1.29 is 0 Å². The molecule has 17 aromatic rings. The van der Waals surface area contributed by atoms with Gasteiger partial charge in [-0.1, -0.05) is 255 Å². The van der Waals surface area contributed by atoms with Crippen molar-refractivity contribution in [3.05, 3.63) is 394 Å². The molecule has 0 amide bonds. The lowest BCUT2D eigenvalue weighted by Crippen LogP contribution is -2.13. The first-order valence-corrected chi connectivity index (χ1v) is 38.3. The van der Waals surface area contributed by atoms with Crippen molar-refractivity contribution in [3.8, 4) is 66.8 Å². The van der Waals surface area contributed by atoms with Gasteiger partial charge in [0.15, 0.2) is 0 Å². The van der Waals surface area contributed by atoms with Gasteiger partial charge in [0, 0.05) is 78.5 Å². The van der Waals surface area contributed by atoms with Gasteiger partial charge in [-0.3, -0.25) is 0 Å². The van der Waals surface area contributed by atoms with Crippen molar-refractivity contribution in [1.82, 2.24) is 31.9 Å². The molecule has 0 aromatic heterocycles. The normalized spacial score (nSPS) is 14.0. The second-order valence-corrected chi connectivity index (χ2v) is 29.8. The second-order valence-electron chi connectivity index (χ2n) is 29.8. The monoisotopic (exact) mass is 1390 g/mol. The molecule has 0 atom stereocenters. The Hall–Kier alpha value is -11.9. The van der Waals surface area contributed by atoms with Gasteiger partial charge in [0.1, 0.15) is 0 Å². The van der Waals surface area contributed by atoms with E-state index >= 15 is 0 Å². The van der Waals surface area contributed by atoms with E-state index in [1.165, 1.54) is 198 Å². The van der Waals surface area contributed by atoms with Crippen molar-refractivity contribution in [2.24, 2.45) is 0 Å². The van der Waals surface area contributed by atoms with Crippen LogP contribution in [0.2, 0.25) is 0 Å². The van der Waals surface area contributed by atoms with Gasteiger partial charge in [-0.05, 0) is 271 Å². The van der Waals surface area contributed by atoms with E-state index in [9.17, 15) is 0 Å². The van der Waals surface area contributed by atoms with E-state index in [4.69, 9.17) is 0 Å². The maximum absolute atomic E-state index is 3.85. The van der Waals surface area contributed by atoms with Crippen LogP contribution in [0.4, 0.5) is 0 Å². The molecule has 24 bridgehead atoms. The molecule has 6 N–H and O–H groups in total. The molecular weight excluding hydrogens is 1310 g/mol. The summed E-state index contributed by atoms with van der Waals surface area (Å²) in [6.07, 6.45) is 0. The molecule has 522 valence electrons.